The van der Waals surface area contributed by atoms with E-state index in [1.807, 2.05) is 26.8 Å². The lowest BCUT2D eigenvalue weighted by Crippen LogP contribution is -2.42. The standard InChI is InChI=1S/C25H36N2O2/c1-8-23(21-13-15-27(16-14-21)24(28)29-25(5,6)7)26-20(4)19(3)17-22-12-10-9-11-18(22)2/h8-12,19,21H,1,4,13-17H2,2-3,5-7H3. The summed E-state index contributed by atoms with van der Waals surface area (Å²) < 4.78 is 5.48. The lowest BCUT2D eigenvalue weighted by molar-refractivity contribution is 0.0202. The van der Waals surface area contributed by atoms with Crippen molar-refractivity contribution in [2.24, 2.45) is 16.8 Å². The van der Waals surface area contributed by atoms with E-state index >= 15 is 0 Å². The van der Waals surface area contributed by atoms with Crippen LogP contribution in [0.2, 0.25) is 0 Å². The number of piperidine rings is 1. The molecule has 0 radical (unpaired) electrons. The number of hydrogen-bond acceptors (Lipinski definition) is 3. The highest BCUT2D eigenvalue weighted by molar-refractivity contribution is 5.97. The third kappa shape index (κ3) is 6.88. The van der Waals surface area contributed by atoms with Crippen LogP contribution in [0.4, 0.5) is 4.79 Å². The van der Waals surface area contributed by atoms with E-state index in [0.29, 0.717) is 19.0 Å². The molecule has 0 N–H and O–H groups in total. The average Bonchev–Trinajstić information content (AvgIpc) is 2.66. The molecule has 1 aliphatic rings. The predicted octanol–water partition coefficient (Wildman–Crippen LogP) is 5.96. The quantitative estimate of drug-likeness (QED) is 0.557. The predicted molar refractivity (Wildman–Crippen MR) is 121 cm³/mol. The molecule has 4 nitrogen and oxygen atoms in total. The molecule has 29 heavy (non-hydrogen) atoms. The second-order valence-corrected chi connectivity index (χ2v) is 9.01. The fraction of sp³-hybridized carbons (Fsp3) is 0.520. The van der Waals surface area contributed by atoms with E-state index in [-0.39, 0.29) is 12.0 Å². The zero-order valence-corrected chi connectivity index (χ0v) is 18.7. The Kier molecular flexibility index (Phi) is 7.83. The van der Waals surface area contributed by atoms with Gasteiger partial charge in [-0.2, -0.15) is 0 Å². The Balaban J connectivity index is 1.96. The maximum Gasteiger partial charge on any atom is 0.410 e. The minimum Gasteiger partial charge on any atom is -0.444 e. The van der Waals surface area contributed by atoms with Crippen molar-refractivity contribution in [2.75, 3.05) is 13.1 Å². The molecule has 1 aromatic rings. The van der Waals surface area contributed by atoms with Crippen LogP contribution in [-0.4, -0.2) is 35.4 Å². The van der Waals surface area contributed by atoms with Crippen LogP contribution in [0.1, 0.15) is 51.7 Å². The highest BCUT2D eigenvalue weighted by atomic mass is 16.6. The molecule has 0 saturated carbocycles. The molecular weight excluding hydrogens is 360 g/mol. The number of hydrogen-bond donors (Lipinski definition) is 0. The van der Waals surface area contributed by atoms with Crippen LogP contribution < -0.4 is 0 Å². The Morgan fingerprint density at radius 3 is 2.48 bits per heavy atom. The van der Waals surface area contributed by atoms with Gasteiger partial charge in [-0.15, -0.1) is 0 Å². The van der Waals surface area contributed by atoms with E-state index < -0.39 is 5.60 Å². The van der Waals surface area contributed by atoms with E-state index in [9.17, 15) is 4.79 Å². The summed E-state index contributed by atoms with van der Waals surface area (Å²) in [7, 11) is 0. The summed E-state index contributed by atoms with van der Waals surface area (Å²) in [5, 5.41) is 0. The van der Waals surface area contributed by atoms with Crippen molar-refractivity contribution in [3.05, 3.63) is 60.3 Å². The third-order valence-corrected chi connectivity index (χ3v) is 5.40. The zero-order chi connectivity index (χ0) is 21.6. The second kappa shape index (κ2) is 9.91. The van der Waals surface area contributed by atoms with E-state index in [4.69, 9.17) is 9.73 Å². The Hall–Kier alpha value is -2.36. The minimum atomic E-state index is -0.466. The highest BCUT2D eigenvalue weighted by Crippen LogP contribution is 2.24. The maximum absolute atomic E-state index is 12.3. The van der Waals surface area contributed by atoms with Gasteiger partial charge >= 0.3 is 6.09 Å². The lowest BCUT2D eigenvalue weighted by atomic mass is 9.91. The molecule has 158 valence electrons. The van der Waals surface area contributed by atoms with Crippen molar-refractivity contribution in [2.45, 2.75) is 59.5 Å². The van der Waals surface area contributed by atoms with E-state index in [2.05, 4.69) is 51.3 Å². The first-order valence-corrected chi connectivity index (χ1v) is 10.5. The SMILES string of the molecule is C=CC(=NC(=C)C(C)Cc1ccccc1C)C1CCN(C(=O)OC(C)(C)C)CC1. The molecule has 1 saturated heterocycles. The summed E-state index contributed by atoms with van der Waals surface area (Å²) >= 11 is 0. The smallest absolute Gasteiger partial charge is 0.410 e. The molecular formula is C25H36N2O2. The van der Waals surface area contributed by atoms with Crippen LogP contribution in [0, 0.1) is 18.8 Å². The molecule has 2 rings (SSSR count). The molecule has 0 spiro atoms. The van der Waals surface area contributed by atoms with Crippen molar-refractivity contribution >= 4 is 11.8 Å². The number of nitrogens with zero attached hydrogens (tertiary/aromatic N) is 2. The van der Waals surface area contributed by atoms with Gasteiger partial charge in [0.1, 0.15) is 5.60 Å². The fourth-order valence-electron chi connectivity index (χ4n) is 3.55. The first-order valence-electron chi connectivity index (χ1n) is 10.5. The summed E-state index contributed by atoms with van der Waals surface area (Å²) in [6.07, 6.45) is 4.27. The average molecular weight is 397 g/mol. The molecule has 1 amide bonds. The van der Waals surface area contributed by atoms with E-state index in [1.165, 1.54) is 11.1 Å². The summed E-state index contributed by atoms with van der Waals surface area (Å²) in [5.74, 6) is 0.557. The fourth-order valence-corrected chi connectivity index (χ4v) is 3.55. The van der Waals surface area contributed by atoms with Crippen LogP contribution in [0.15, 0.2) is 54.2 Å². The van der Waals surface area contributed by atoms with Gasteiger partial charge in [-0.1, -0.05) is 44.3 Å². The van der Waals surface area contributed by atoms with Crippen LogP contribution in [0.3, 0.4) is 0 Å². The normalized spacial score (nSPS) is 17.0. The largest absolute Gasteiger partial charge is 0.444 e. The Bertz CT molecular complexity index is 765. The van der Waals surface area contributed by atoms with Crippen molar-refractivity contribution in [3.8, 4) is 0 Å². The molecule has 1 aliphatic heterocycles. The van der Waals surface area contributed by atoms with Crippen LogP contribution in [0.5, 0.6) is 0 Å². The molecule has 0 aromatic heterocycles. The number of likely N-dealkylation sites (tertiary alicyclic amines) is 1. The minimum absolute atomic E-state index is 0.232. The third-order valence-electron chi connectivity index (χ3n) is 5.40. The molecule has 1 heterocycles. The van der Waals surface area contributed by atoms with E-state index in [1.54, 1.807) is 4.90 Å². The number of rotatable bonds is 6. The Morgan fingerprint density at radius 1 is 1.31 bits per heavy atom. The Labute approximate surface area is 176 Å². The van der Waals surface area contributed by atoms with Crippen molar-refractivity contribution < 1.29 is 9.53 Å². The molecule has 4 heteroatoms. The summed E-state index contributed by atoms with van der Waals surface area (Å²) in [6, 6.07) is 8.45. The van der Waals surface area contributed by atoms with Crippen LogP contribution in [0.25, 0.3) is 0 Å². The number of allylic oxidation sites excluding steroid dienone is 2. The summed E-state index contributed by atoms with van der Waals surface area (Å²) in [5.41, 5.74) is 4.04. The number of carbonyl (C=O) groups excluding carboxylic acids is 1. The van der Waals surface area contributed by atoms with Crippen molar-refractivity contribution in [1.82, 2.24) is 4.90 Å². The molecule has 1 unspecified atom stereocenters. The van der Waals surface area contributed by atoms with Crippen LogP contribution in [-0.2, 0) is 11.2 Å². The molecule has 1 atom stereocenters. The monoisotopic (exact) mass is 396 g/mol. The summed E-state index contributed by atoms with van der Waals surface area (Å²) in [4.78, 5) is 18.9. The molecule has 0 bridgehead atoms. The Morgan fingerprint density at radius 2 is 1.93 bits per heavy atom. The van der Waals surface area contributed by atoms with Gasteiger partial charge in [-0.05, 0) is 64.2 Å². The first kappa shape index (κ1) is 22.9. The lowest BCUT2D eigenvalue weighted by Gasteiger charge is -2.33. The van der Waals surface area contributed by atoms with Gasteiger partial charge in [-0.25, -0.2) is 4.79 Å². The number of benzene rings is 1. The van der Waals surface area contributed by atoms with E-state index in [0.717, 1.165) is 30.7 Å². The first-order chi connectivity index (χ1) is 13.6. The number of carbonyl (C=O) groups is 1. The zero-order valence-electron chi connectivity index (χ0n) is 18.7. The molecule has 1 fully saturated rings. The number of ether oxygens (including phenoxy) is 1. The van der Waals surface area contributed by atoms with Gasteiger partial charge in [0.05, 0.1) is 0 Å². The number of amides is 1. The topological polar surface area (TPSA) is 41.9 Å². The summed E-state index contributed by atoms with van der Waals surface area (Å²) in [6.45, 7) is 19.5. The maximum atomic E-state index is 12.3. The number of aryl methyl sites for hydroxylation is 1. The van der Waals surface area contributed by atoms with Gasteiger partial charge < -0.3 is 9.64 Å². The second-order valence-electron chi connectivity index (χ2n) is 9.01. The van der Waals surface area contributed by atoms with Crippen molar-refractivity contribution in [3.63, 3.8) is 0 Å². The molecule has 1 aromatic carbocycles. The highest BCUT2D eigenvalue weighted by Gasteiger charge is 2.28. The van der Waals surface area contributed by atoms with Gasteiger partial charge in [0.25, 0.3) is 0 Å². The van der Waals surface area contributed by atoms with Gasteiger partial charge in [0.15, 0.2) is 0 Å². The number of aliphatic imine (C=N–C) groups is 1. The van der Waals surface area contributed by atoms with Gasteiger partial charge in [0, 0.05) is 36.3 Å². The molecule has 0 aliphatic carbocycles. The van der Waals surface area contributed by atoms with Gasteiger partial charge in [0.2, 0.25) is 0 Å². The van der Waals surface area contributed by atoms with Crippen LogP contribution >= 0.6 is 0 Å². The van der Waals surface area contributed by atoms with Gasteiger partial charge in [-0.3, -0.25) is 4.99 Å². The van der Waals surface area contributed by atoms with Crippen molar-refractivity contribution in [1.29, 1.82) is 0 Å².